The minimum atomic E-state index is -0.655. The summed E-state index contributed by atoms with van der Waals surface area (Å²) in [6, 6.07) is 8.43. The summed E-state index contributed by atoms with van der Waals surface area (Å²) in [5.41, 5.74) is 7.01. The van der Waals surface area contributed by atoms with E-state index in [-0.39, 0.29) is 5.82 Å². The van der Waals surface area contributed by atoms with Crippen molar-refractivity contribution in [3.8, 4) is 0 Å². The molecule has 0 saturated heterocycles. The van der Waals surface area contributed by atoms with Crippen molar-refractivity contribution >= 4 is 31.9 Å². The highest BCUT2D eigenvalue weighted by Gasteiger charge is 2.17. The van der Waals surface area contributed by atoms with Crippen LogP contribution in [0.5, 0.6) is 0 Å². The molecule has 0 bridgehead atoms. The van der Waals surface area contributed by atoms with Crippen LogP contribution in [-0.4, -0.2) is 0 Å². The summed E-state index contributed by atoms with van der Waals surface area (Å²) in [7, 11) is 0. The Bertz CT molecular complexity index is 587. The molecule has 94 valence electrons. The molecule has 2 aromatic rings. The third kappa shape index (κ3) is 2.63. The normalized spacial score (nSPS) is 12.5. The van der Waals surface area contributed by atoms with Crippen LogP contribution in [0, 0.1) is 11.6 Å². The second-order valence-corrected chi connectivity index (χ2v) is 5.50. The van der Waals surface area contributed by atoms with Crippen molar-refractivity contribution < 1.29 is 8.78 Å². The first kappa shape index (κ1) is 13.6. The summed E-state index contributed by atoms with van der Waals surface area (Å²) in [5, 5.41) is 0. The molecule has 1 unspecified atom stereocenters. The molecule has 0 aliphatic carbocycles. The number of hydrogen-bond donors (Lipinski definition) is 1. The van der Waals surface area contributed by atoms with Crippen molar-refractivity contribution in [3.05, 3.63) is 68.1 Å². The van der Waals surface area contributed by atoms with Gasteiger partial charge in [0.2, 0.25) is 0 Å². The number of nitrogens with two attached hydrogens (primary N) is 1. The Morgan fingerprint density at radius 2 is 1.67 bits per heavy atom. The Morgan fingerprint density at radius 1 is 0.944 bits per heavy atom. The van der Waals surface area contributed by atoms with Gasteiger partial charge < -0.3 is 5.73 Å². The third-order valence-electron chi connectivity index (χ3n) is 2.61. The summed E-state index contributed by atoms with van der Waals surface area (Å²) in [5.74, 6) is -0.770. The van der Waals surface area contributed by atoms with Gasteiger partial charge in [0.25, 0.3) is 0 Å². The van der Waals surface area contributed by atoms with Crippen LogP contribution in [-0.2, 0) is 0 Å². The number of rotatable bonds is 2. The number of hydrogen-bond acceptors (Lipinski definition) is 1. The standard InChI is InChI=1S/C13H9Br2F2N/c14-10-3-1-2-9(12(10)17)13(18)8-5-4-7(16)6-11(8)15/h1-6,13H,18H2. The largest absolute Gasteiger partial charge is 0.320 e. The van der Waals surface area contributed by atoms with Crippen LogP contribution in [0.3, 0.4) is 0 Å². The fourth-order valence-corrected chi connectivity index (χ4v) is 2.66. The molecule has 2 aromatic carbocycles. The monoisotopic (exact) mass is 375 g/mol. The Labute approximate surface area is 120 Å². The van der Waals surface area contributed by atoms with Crippen LogP contribution >= 0.6 is 31.9 Å². The molecular weight excluding hydrogens is 368 g/mol. The zero-order valence-corrected chi connectivity index (χ0v) is 12.3. The average Bonchev–Trinajstić information content (AvgIpc) is 2.32. The lowest BCUT2D eigenvalue weighted by Crippen LogP contribution is -2.14. The van der Waals surface area contributed by atoms with E-state index in [0.717, 1.165) is 0 Å². The van der Waals surface area contributed by atoms with Crippen LogP contribution in [0.1, 0.15) is 17.2 Å². The first-order valence-electron chi connectivity index (χ1n) is 5.15. The molecule has 1 nitrogen and oxygen atoms in total. The summed E-state index contributed by atoms with van der Waals surface area (Å²) < 4.78 is 27.8. The van der Waals surface area contributed by atoms with Gasteiger partial charge in [-0.1, -0.05) is 34.1 Å². The average molecular weight is 377 g/mol. The fraction of sp³-hybridized carbons (Fsp3) is 0.0769. The number of halogens is 4. The summed E-state index contributed by atoms with van der Waals surface area (Å²) >= 11 is 6.35. The maximum absolute atomic E-state index is 13.9. The molecule has 0 fully saturated rings. The van der Waals surface area contributed by atoms with Gasteiger partial charge in [-0.05, 0) is 39.7 Å². The molecule has 0 heterocycles. The summed E-state index contributed by atoms with van der Waals surface area (Å²) in [4.78, 5) is 0. The highest BCUT2D eigenvalue weighted by molar-refractivity contribution is 9.10. The molecular formula is C13H9Br2F2N. The van der Waals surface area contributed by atoms with E-state index in [2.05, 4.69) is 31.9 Å². The van der Waals surface area contributed by atoms with Gasteiger partial charge in [0, 0.05) is 10.0 Å². The summed E-state index contributed by atoms with van der Waals surface area (Å²) in [6.45, 7) is 0. The van der Waals surface area contributed by atoms with Gasteiger partial charge in [-0.3, -0.25) is 0 Å². The van der Waals surface area contributed by atoms with Crippen LogP contribution < -0.4 is 5.73 Å². The minimum absolute atomic E-state index is 0.355. The third-order valence-corrected chi connectivity index (χ3v) is 3.91. The van der Waals surface area contributed by atoms with E-state index >= 15 is 0 Å². The Hall–Kier alpha value is -0.780. The Morgan fingerprint density at radius 3 is 2.33 bits per heavy atom. The second-order valence-electron chi connectivity index (χ2n) is 3.79. The molecule has 0 aromatic heterocycles. The van der Waals surface area contributed by atoms with Crippen LogP contribution in [0.4, 0.5) is 8.78 Å². The zero-order valence-electron chi connectivity index (χ0n) is 9.13. The maximum Gasteiger partial charge on any atom is 0.142 e. The van der Waals surface area contributed by atoms with Crippen molar-refractivity contribution in [2.24, 2.45) is 5.73 Å². The van der Waals surface area contributed by atoms with E-state index < -0.39 is 11.9 Å². The van der Waals surface area contributed by atoms with E-state index in [0.29, 0.717) is 20.1 Å². The SMILES string of the molecule is NC(c1ccc(F)cc1Br)c1cccc(Br)c1F. The molecule has 18 heavy (non-hydrogen) atoms. The van der Waals surface area contributed by atoms with Crippen molar-refractivity contribution in [2.45, 2.75) is 6.04 Å². The Kier molecular flexibility index (Phi) is 4.14. The highest BCUT2D eigenvalue weighted by Crippen LogP contribution is 2.30. The van der Waals surface area contributed by atoms with Gasteiger partial charge in [-0.15, -0.1) is 0 Å². The predicted molar refractivity (Wildman–Crippen MR) is 74.2 cm³/mol. The molecule has 0 radical (unpaired) electrons. The van der Waals surface area contributed by atoms with Crippen molar-refractivity contribution in [2.75, 3.05) is 0 Å². The van der Waals surface area contributed by atoms with Crippen LogP contribution in [0.25, 0.3) is 0 Å². The van der Waals surface area contributed by atoms with Crippen LogP contribution in [0.15, 0.2) is 45.3 Å². The first-order valence-corrected chi connectivity index (χ1v) is 6.73. The molecule has 2 rings (SSSR count). The van der Waals surface area contributed by atoms with Crippen molar-refractivity contribution in [1.29, 1.82) is 0 Å². The van der Waals surface area contributed by atoms with Gasteiger partial charge in [-0.25, -0.2) is 8.78 Å². The fourth-order valence-electron chi connectivity index (χ4n) is 1.68. The molecule has 0 aliphatic heterocycles. The summed E-state index contributed by atoms with van der Waals surface area (Å²) in [6.07, 6.45) is 0. The van der Waals surface area contributed by atoms with E-state index in [1.165, 1.54) is 12.1 Å². The lowest BCUT2D eigenvalue weighted by Gasteiger charge is -2.15. The smallest absolute Gasteiger partial charge is 0.142 e. The van der Waals surface area contributed by atoms with Crippen LogP contribution in [0.2, 0.25) is 0 Å². The van der Waals surface area contributed by atoms with Gasteiger partial charge in [0.1, 0.15) is 11.6 Å². The molecule has 0 amide bonds. The molecule has 0 spiro atoms. The zero-order chi connectivity index (χ0) is 13.3. The molecule has 0 aliphatic rings. The van der Waals surface area contributed by atoms with Crippen molar-refractivity contribution in [1.82, 2.24) is 0 Å². The van der Waals surface area contributed by atoms with E-state index in [4.69, 9.17) is 5.73 Å². The molecule has 1 atom stereocenters. The Balaban J connectivity index is 2.48. The van der Waals surface area contributed by atoms with Gasteiger partial charge in [-0.2, -0.15) is 0 Å². The van der Waals surface area contributed by atoms with E-state index in [1.54, 1.807) is 24.3 Å². The lowest BCUT2D eigenvalue weighted by atomic mass is 9.99. The topological polar surface area (TPSA) is 26.0 Å². The second kappa shape index (κ2) is 5.47. The van der Waals surface area contributed by atoms with E-state index in [9.17, 15) is 8.78 Å². The van der Waals surface area contributed by atoms with Crippen molar-refractivity contribution in [3.63, 3.8) is 0 Å². The number of benzene rings is 2. The molecule has 0 saturated carbocycles. The predicted octanol–water partition coefficient (Wildman–Crippen LogP) is 4.54. The van der Waals surface area contributed by atoms with Gasteiger partial charge >= 0.3 is 0 Å². The van der Waals surface area contributed by atoms with Gasteiger partial charge in [0.05, 0.1) is 10.5 Å². The maximum atomic E-state index is 13.9. The lowest BCUT2D eigenvalue weighted by molar-refractivity contribution is 0.592. The quantitative estimate of drug-likeness (QED) is 0.818. The minimum Gasteiger partial charge on any atom is -0.320 e. The van der Waals surface area contributed by atoms with Gasteiger partial charge in [0.15, 0.2) is 0 Å². The molecule has 5 heteroatoms. The molecule has 2 N–H and O–H groups in total. The van der Waals surface area contributed by atoms with E-state index in [1.807, 2.05) is 0 Å². The highest BCUT2D eigenvalue weighted by atomic mass is 79.9. The first-order chi connectivity index (χ1) is 8.50.